The van der Waals surface area contributed by atoms with Gasteiger partial charge in [-0.3, -0.25) is 9.59 Å². The molecule has 6 nitrogen and oxygen atoms in total. The van der Waals surface area contributed by atoms with Crippen LogP contribution in [0.5, 0.6) is 11.5 Å². The molecule has 0 spiro atoms. The van der Waals surface area contributed by atoms with E-state index in [4.69, 9.17) is 9.47 Å². The Balaban J connectivity index is 1.74. The number of carbonyl (C=O) groups excluding carboxylic acids is 2. The number of nitrogens with one attached hydrogen (secondary N) is 1. The van der Waals surface area contributed by atoms with Gasteiger partial charge in [0.2, 0.25) is 11.8 Å². The number of amides is 2. The Morgan fingerprint density at radius 2 is 1.91 bits per heavy atom. The summed E-state index contributed by atoms with van der Waals surface area (Å²) in [6.45, 7) is 7.21. The second-order valence-corrected chi connectivity index (χ2v) is 6.97. The third-order valence-corrected chi connectivity index (χ3v) is 3.83. The normalized spacial score (nSPS) is 20.6. The van der Waals surface area contributed by atoms with E-state index in [1.165, 1.54) is 0 Å². The SMILES string of the molecule is CC(C)(C)NC(=O)C1CC(=O)N(c2ccc3c(c2)OCCO3)C1. The zero-order valence-corrected chi connectivity index (χ0v) is 13.7. The number of nitrogens with zero attached hydrogens (tertiary/aromatic N) is 1. The highest BCUT2D eigenvalue weighted by Gasteiger charge is 2.36. The van der Waals surface area contributed by atoms with Crippen LogP contribution < -0.4 is 19.7 Å². The summed E-state index contributed by atoms with van der Waals surface area (Å²) in [6.07, 6.45) is 0.232. The Morgan fingerprint density at radius 3 is 2.61 bits per heavy atom. The Hall–Kier alpha value is -2.24. The van der Waals surface area contributed by atoms with Crippen LogP contribution >= 0.6 is 0 Å². The fourth-order valence-electron chi connectivity index (χ4n) is 2.80. The van der Waals surface area contributed by atoms with Crippen LogP contribution in [0.2, 0.25) is 0 Å². The fourth-order valence-corrected chi connectivity index (χ4v) is 2.80. The Morgan fingerprint density at radius 1 is 1.22 bits per heavy atom. The van der Waals surface area contributed by atoms with Crippen LogP contribution in [0.1, 0.15) is 27.2 Å². The molecular weight excluding hydrogens is 296 g/mol. The minimum absolute atomic E-state index is 0.0456. The molecule has 2 aliphatic rings. The summed E-state index contributed by atoms with van der Waals surface area (Å²) < 4.78 is 11.0. The molecular formula is C17H22N2O4. The molecule has 0 bridgehead atoms. The van der Waals surface area contributed by atoms with Gasteiger partial charge in [-0.2, -0.15) is 0 Å². The number of rotatable bonds is 2. The summed E-state index contributed by atoms with van der Waals surface area (Å²) in [7, 11) is 0. The van der Waals surface area contributed by atoms with Crippen molar-refractivity contribution in [1.29, 1.82) is 0 Å². The van der Waals surface area contributed by atoms with Gasteiger partial charge in [-0.15, -0.1) is 0 Å². The number of fused-ring (bicyclic) bond motifs is 1. The molecule has 0 radical (unpaired) electrons. The average Bonchev–Trinajstić information content (AvgIpc) is 2.87. The van der Waals surface area contributed by atoms with Gasteiger partial charge in [-0.1, -0.05) is 0 Å². The predicted molar refractivity (Wildman–Crippen MR) is 85.8 cm³/mol. The molecule has 1 aromatic rings. The lowest BCUT2D eigenvalue weighted by Crippen LogP contribution is -2.44. The van der Waals surface area contributed by atoms with E-state index in [9.17, 15) is 9.59 Å². The van der Waals surface area contributed by atoms with E-state index in [1.807, 2.05) is 26.8 Å². The van der Waals surface area contributed by atoms with Gasteiger partial charge in [0.15, 0.2) is 11.5 Å². The molecule has 1 atom stereocenters. The molecule has 2 aliphatic heterocycles. The fraction of sp³-hybridized carbons (Fsp3) is 0.529. The van der Waals surface area contributed by atoms with Gasteiger partial charge in [0.1, 0.15) is 13.2 Å². The van der Waals surface area contributed by atoms with Crippen molar-refractivity contribution in [3.63, 3.8) is 0 Å². The third kappa shape index (κ3) is 3.41. The van der Waals surface area contributed by atoms with Crippen molar-refractivity contribution in [2.45, 2.75) is 32.7 Å². The van der Waals surface area contributed by atoms with Crippen LogP contribution in [-0.2, 0) is 9.59 Å². The molecule has 1 aromatic carbocycles. The van der Waals surface area contributed by atoms with Crippen LogP contribution in [0.25, 0.3) is 0 Å². The highest BCUT2D eigenvalue weighted by molar-refractivity contribution is 6.00. The van der Waals surface area contributed by atoms with E-state index in [-0.39, 0.29) is 29.7 Å². The van der Waals surface area contributed by atoms with Crippen LogP contribution in [0.3, 0.4) is 0 Å². The van der Waals surface area contributed by atoms with Gasteiger partial charge in [0.25, 0.3) is 0 Å². The summed E-state index contributed by atoms with van der Waals surface area (Å²) in [5.41, 5.74) is 0.440. The molecule has 1 N–H and O–H groups in total. The maximum atomic E-state index is 12.3. The number of anilines is 1. The Bertz CT molecular complexity index is 636. The smallest absolute Gasteiger partial charge is 0.227 e. The summed E-state index contributed by atoms with van der Waals surface area (Å²) in [4.78, 5) is 26.2. The first-order valence-electron chi connectivity index (χ1n) is 7.85. The van der Waals surface area contributed by atoms with E-state index < -0.39 is 0 Å². The molecule has 1 unspecified atom stereocenters. The predicted octanol–water partition coefficient (Wildman–Crippen LogP) is 1.73. The average molecular weight is 318 g/mol. The summed E-state index contributed by atoms with van der Waals surface area (Å²) in [5, 5.41) is 2.94. The maximum Gasteiger partial charge on any atom is 0.227 e. The molecule has 0 aromatic heterocycles. The van der Waals surface area contributed by atoms with E-state index in [2.05, 4.69) is 5.32 Å². The van der Waals surface area contributed by atoms with Crippen molar-refractivity contribution in [2.75, 3.05) is 24.7 Å². The molecule has 3 rings (SSSR count). The van der Waals surface area contributed by atoms with Gasteiger partial charge in [-0.05, 0) is 32.9 Å². The number of hydrogen-bond donors (Lipinski definition) is 1. The zero-order chi connectivity index (χ0) is 16.6. The summed E-state index contributed by atoms with van der Waals surface area (Å²) in [5.74, 6) is 0.884. The zero-order valence-electron chi connectivity index (χ0n) is 13.7. The van der Waals surface area contributed by atoms with Gasteiger partial charge >= 0.3 is 0 Å². The third-order valence-electron chi connectivity index (χ3n) is 3.83. The lowest BCUT2D eigenvalue weighted by molar-refractivity contribution is -0.127. The van der Waals surface area contributed by atoms with Crippen LogP contribution in [0.4, 0.5) is 5.69 Å². The number of benzene rings is 1. The lowest BCUT2D eigenvalue weighted by atomic mass is 10.0. The first-order valence-corrected chi connectivity index (χ1v) is 7.85. The lowest BCUT2D eigenvalue weighted by Gasteiger charge is -2.24. The molecule has 2 heterocycles. The molecule has 124 valence electrons. The summed E-state index contributed by atoms with van der Waals surface area (Å²) in [6, 6.07) is 5.44. The second kappa shape index (κ2) is 5.76. The highest BCUT2D eigenvalue weighted by atomic mass is 16.6. The van der Waals surface area contributed by atoms with Crippen molar-refractivity contribution >= 4 is 17.5 Å². The van der Waals surface area contributed by atoms with Crippen molar-refractivity contribution in [3.8, 4) is 11.5 Å². The van der Waals surface area contributed by atoms with Crippen LogP contribution in [0, 0.1) is 5.92 Å². The van der Waals surface area contributed by atoms with Gasteiger partial charge in [0.05, 0.1) is 5.92 Å². The van der Waals surface area contributed by atoms with Gasteiger partial charge in [0, 0.05) is 30.3 Å². The van der Waals surface area contributed by atoms with Crippen molar-refractivity contribution in [3.05, 3.63) is 18.2 Å². The number of hydrogen-bond acceptors (Lipinski definition) is 4. The number of ether oxygens (including phenoxy) is 2. The topological polar surface area (TPSA) is 67.9 Å². The molecule has 0 saturated carbocycles. The van der Waals surface area contributed by atoms with E-state index in [0.717, 1.165) is 5.69 Å². The molecule has 6 heteroatoms. The first kappa shape index (κ1) is 15.6. The monoisotopic (exact) mass is 318 g/mol. The van der Waals surface area contributed by atoms with Gasteiger partial charge in [-0.25, -0.2) is 0 Å². The molecule has 1 saturated heterocycles. The van der Waals surface area contributed by atoms with Gasteiger partial charge < -0.3 is 19.7 Å². The van der Waals surface area contributed by atoms with E-state index in [0.29, 0.717) is 31.3 Å². The van der Waals surface area contributed by atoms with Crippen LogP contribution in [-0.4, -0.2) is 37.1 Å². The second-order valence-electron chi connectivity index (χ2n) is 6.97. The van der Waals surface area contributed by atoms with Crippen molar-refractivity contribution in [1.82, 2.24) is 5.32 Å². The van der Waals surface area contributed by atoms with Crippen molar-refractivity contribution in [2.24, 2.45) is 5.92 Å². The number of carbonyl (C=O) groups is 2. The molecule has 2 amide bonds. The molecule has 0 aliphatic carbocycles. The van der Waals surface area contributed by atoms with E-state index in [1.54, 1.807) is 17.0 Å². The minimum atomic E-state index is -0.324. The van der Waals surface area contributed by atoms with Crippen LogP contribution in [0.15, 0.2) is 18.2 Å². The quantitative estimate of drug-likeness (QED) is 0.901. The molecule has 23 heavy (non-hydrogen) atoms. The largest absolute Gasteiger partial charge is 0.486 e. The standard InChI is InChI=1S/C17H22N2O4/c1-17(2,3)18-16(21)11-8-15(20)19(10-11)12-4-5-13-14(9-12)23-7-6-22-13/h4-5,9,11H,6-8,10H2,1-3H3,(H,18,21). The summed E-state index contributed by atoms with van der Waals surface area (Å²) >= 11 is 0. The van der Waals surface area contributed by atoms with Crippen molar-refractivity contribution < 1.29 is 19.1 Å². The Labute approximate surface area is 135 Å². The van der Waals surface area contributed by atoms with E-state index >= 15 is 0 Å². The maximum absolute atomic E-state index is 12.3. The first-order chi connectivity index (χ1) is 10.8. The Kier molecular flexibility index (Phi) is 3.92. The molecule has 1 fully saturated rings. The highest BCUT2D eigenvalue weighted by Crippen LogP contribution is 2.36. The minimum Gasteiger partial charge on any atom is -0.486 e.